The highest BCUT2D eigenvalue weighted by Gasteiger charge is 2.16. The number of nitrogens with one attached hydrogen (secondary N) is 1. The molecule has 1 amide bonds. The largest absolute Gasteiger partial charge is 0.322 e. The monoisotopic (exact) mass is 348 g/mol. The maximum atomic E-state index is 12.2. The van der Waals surface area contributed by atoms with Crippen molar-refractivity contribution in [1.82, 2.24) is 0 Å². The number of hydrogen-bond acceptors (Lipinski definition) is 3. The number of carbonyl (C=O) groups is 1. The lowest BCUT2D eigenvalue weighted by atomic mass is 10.1. The summed E-state index contributed by atoms with van der Waals surface area (Å²) in [6, 6.07) is 9.95. The number of benzene rings is 2. The van der Waals surface area contributed by atoms with Crippen LogP contribution in [0.2, 0.25) is 0 Å². The molecule has 0 bridgehead atoms. The summed E-state index contributed by atoms with van der Waals surface area (Å²) in [6.07, 6.45) is 0. The van der Waals surface area contributed by atoms with Crippen LogP contribution in [0.5, 0.6) is 0 Å². The minimum Gasteiger partial charge on any atom is -0.322 e. The number of nitro benzene ring substituents is 1. The number of carbonyl (C=O) groups excluding carboxylic acids is 1. The topological polar surface area (TPSA) is 72.2 Å². The first-order valence-corrected chi connectivity index (χ1v) is 7.00. The Bertz CT molecular complexity index is 729. The summed E-state index contributed by atoms with van der Waals surface area (Å²) >= 11 is 3.09. The number of halogens is 1. The van der Waals surface area contributed by atoms with E-state index in [9.17, 15) is 14.9 Å². The Kier molecular flexibility index (Phi) is 4.37. The lowest BCUT2D eigenvalue weighted by molar-refractivity contribution is -0.385. The average Bonchev–Trinajstić information content (AvgIpc) is 2.42. The predicted molar refractivity (Wildman–Crippen MR) is 84.7 cm³/mol. The van der Waals surface area contributed by atoms with E-state index in [4.69, 9.17) is 0 Å². The summed E-state index contributed by atoms with van der Waals surface area (Å²) in [5, 5.41) is 13.7. The van der Waals surface area contributed by atoms with Gasteiger partial charge in [0.1, 0.15) is 0 Å². The van der Waals surface area contributed by atoms with E-state index in [1.807, 2.05) is 32.0 Å². The molecule has 0 aliphatic carbocycles. The smallest absolute Gasteiger partial charge is 0.284 e. The van der Waals surface area contributed by atoms with Gasteiger partial charge in [0.2, 0.25) is 0 Å². The van der Waals surface area contributed by atoms with Gasteiger partial charge in [0.05, 0.1) is 9.40 Å². The molecule has 0 radical (unpaired) electrons. The number of amides is 1. The number of nitro groups is 1. The fraction of sp³-hybridized carbons (Fsp3) is 0.133. The zero-order chi connectivity index (χ0) is 15.6. The highest BCUT2D eigenvalue weighted by Crippen LogP contribution is 2.26. The third kappa shape index (κ3) is 3.46. The molecule has 0 unspecified atom stereocenters. The minimum atomic E-state index is -0.530. The lowest BCUT2D eigenvalue weighted by Crippen LogP contribution is -2.13. The number of rotatable bonds is 3. The SMILES string of the molecule is Cc1ccc(NC(=O)c2ccc(Br)c([N+](=O)[O-])c2)c(C)c1. The normalized spacial score (nSPS) is 10.2. The second kappa shape index (κ2) is 6.05. The molecular weight excluding hydrogens is 336 g/mol. The molecule has 2 rings (SSSR count). The fourth-order valence-corrected chi connectivity index (χ4v) is 2.33. The van der Waals surface area contributed by atoms with Crippen molar-refractivity contribution in [3.05, 3.63) is 67.7 Å². The van der Waals surface area contributed by atoms with Crippen molar-refractivity contribution in [2.75, 3.05) is 5.32 Å². The van der Waals surface area contributed by atoms with E-state index in [-0.39, 0.29) is 17.2 Å². The molecule has 0 atom stereocenters. The molecule has 0 aromatic heterocycles. The van der Waals surface area contributed by atoms with Crippen LogP contribution in [0.1, 0.15) is 21.5 Å². The van der Waals surface area contributed by atoms with E-state index >= 15 is 0 Å². The van der Waals surface area contributed by atoms with Crippen molar-refractivity contribution in [2.24, 2.45) is 0 Å². The molecule has 0 fully saturated rings. The van der Waals surface area contributed by atoms with Crippen LogP contribution in [0.25, 0.3) is 0 Å². The van der Waals surface area contributed by atoms with Gasteiger partial charge in [-0.15, -0.1) is 0 Å². The van der Waals surface area contributed by atoms with Crippen LogP contribution in [0.4, 0.5) is 11.4 Å². The summed E-state index contributed by atoms with van der Waals surface area (Å²) in [4.78, 5) is 22.5. The molecule has 108 valence electrons. The number of hydrogen-bond donors (Lipinski definition) is 1. The first-order valence-electron chi connectivity index (χ1n) is 6.21. The van der Waals surface area contributed by atoms with Crippen LogP contribution in [0, 0.1) is 24.0 Å². The van der Waals surface area contributed by atoms with Gasteiger partial charge in [-0.2, -0.15) is 0 Å². The Morgan fingerprint density at radius 2 is 1.90 bits per heavy atom. The quantitative estimate of drug-likeness (QED) is 0.666. The van der Waals surface area contributed by atoms with Crippen LogP contribution < -0.4 is 5.32 Å². The summed E-state index contributed by atoms with van der Waals surface area (Å²) in [7, 11) is 0. The van der Waals surface area contributed by atoms with Gasteiger partial charge in [-0.1, -0.05) is 17.7 Å². The second-order valence-corrected chi connectivity index (χ2v) is 5.55. The van der Waals surface area contributed by atoms with Gasteiger partial charge >= 0.3 is 0 Å². The molecule has 2 aromatic rings. The van der Waals surface area contributed by atoms with Gasteiger partial charge in [0, 0.05) is 17.3 Å². The standard InChI is InChI=1S/C15H13BrN2O3/c1-9-3-6-13(10(2)7-9)17-15(19)11-4-5-12(16)14(8-11)18(20)21/h3-8H,1-2H3,(H,17,19). The number of aryl methyl sites for hydroxylation is 2. The van der Waals surface area contributed by atoms with E-state index in [0.717, 1.165) is 11.1 Å². The molecule has 0 aliphatic heterocycles. The van der Waals surface area contributed by atoms with Crippen LogP contribution in [-0.4, -0.2) is 10.8 Å². The molecule has 6 heteroatoms. The molecule has 0 aliphatic rings. The van der Waals surface area contributed by atoms with E-state index < -0.39 is 4.92 Å². The van der Waals surface area contributed by atoms with Crippen LogP contribution in [0.15, 0.2) is 40.9 Å². The Morgan fingerprint density at radius 1 is 1.19 bits per heavy atom. The number of anilines is 1. The van der Waals surface area contributed by atoms with Gasteiger partial charge in [0.15, 0.2) is 0 Å². The van der Waals surface area contributed by atoms with Gasteiger partial charge in [-0.25, -0.2) is 0 Å². The minimum absolute atomic E-state index is 0.136. The molecule has 0 spiro atoms. The van der Waals surface area contributed by atoms with E-state index in [0.29, 0.717) is 10.2 Å². The summed E-state index contributed by atoms with van der Waals surface area (Å²) in [5.41, 5.74) is 2.84. The molecule has 0 saturated heterocycles. The molecular formula is C15H13BrN2O3. The maximum Gasteiger partial charge on any atom is 0.284 e. The zero-order valence-corrected chi connectivity index (χ0v) is 13.1. The molecule has 1 N–H and O–H groups in total. The molecule has 5 nitrogen and oxygen atoms in total. The fourth-order valence-electron chi connectivity index (χ4n) is 1.94. The zero-order valence-electron chi connectivity index (χ0n) is 11.5. The Labute approximate surface area is 130 Å². The van der Waals surface area contributed by atoms with E-state index in [1.54, 1.807) is 0 Å². The first kappa shape index (κ1) is 15.2. The van der Waals surface area contributed by atoms with Crippen molar-refractivity contribution in [2.45, 2.75) is 13.8 Å². The highest BCUT2D eigenvalue weighted by molar-refractivity contribution is 9.10. The first-order chi connectivity index (χ1) is 9.88. The summed E-state index contributed by atoms with van der Waals surface area (Å²) < 4.78 is 0.343. The van der Waals surface area contributed by atoms with Crippen molar-refractivity contribution in [1.29, 1.82) is 0 Å². The van der Waals surface area contributed by atoms with Crippen molar-refractivity contribution < 1.29 is 9.72 Å². The van der Waals surface area contributed by atoms with Crippen molar-refractivity contribution >= 4 is 33.2 Å². The molecule has 0 saturated carbocycles. The Hall–Kier alpha value is -2.21. The molecule has 21 heavy (non-hydrogen) atoms. The van der Waals surface area contributed by atoms with E-state index in [1.165, 1.54) is 18.2 Å². The van der Waals surface area contributed by atoms with Gasteiger partial charge in [0.25, 0.3) is 11.6 Å². The van der Waals surface area contributed by atoms with Crippen LogP contribution >= 0.6 is 15.9 Å². The highest BCUT2D eigenvalue weighted by atomic mass is 79.9. The van der Waals surface area contributed by atoms with Crippen molar-refractivity contribution in [3.63, 3.8) is 0 Å². The summed E-state index contributed by atoms with van der Waals surface area (Å²) in [5.74, 6) is -0.377. The average molecular weight is 349 g/mol. The van der Waals surface area contributed by atoms with Crippen LogP contribution in [-0.2, 0) is 0 Å². The lowest BCUT2D eigenvalue weighted by Gasteiger charge is -2.09. The predicted octanol–water partition coefficient (Wildman–Crippen LogP) is 4.23. The number of nitrogens with zero attached hydrogens (tertiary/aromatic N) is 1. The van der Waals surface area contributed by atoms with Gasteiger partial charge in [-0.05, 0) is 53.5 Å². The third-order valence-corrected chi connectivity index (χ3v) is 3.71. The maximum absolute atomic E-state index is 12.2. The van der Waals surface area contributed by atoms with Gasteiger partial charge < -0.3 is 5.32 Å². The molecule has 0 heterocycles. The second-order valence-electron chi connectivity index (χ2n) is 4.70. The van der Waals surface area contributed by atoms with E-state index in [2.05, 4.69) is 21.2 Å². The van der Waals surface area contributed by atoms with Gasteiger partial charge in [-0.3, -0.25) is 14.9 Å². The summed E-state index contributed by atoms with van der Waals surface area (Å²) in [6.45, 7) is 3.86. The Balaban J connectivity index is 2.28. The third-order valence-electron chi connectivity index (χ3n) is 3.04. The van der Waals surface area contributed by atoms with Crippen LogP contribution in [0.3, 0.4) is 0 Å². The Morgan fingerprint density at radius 3 is 2.52 bits per heavy atom. The molecule has 2 aromatic carbocycles. The van der Waals surface area contributed by atoms with Crippen molar-refractivity contribution in [3.8, 4) is 0 Å².